The lowest BCUT2D eigenvalue weighted by Crippen LogP contribution is -2.52. The van der Waals surface area contributed by atoms with Crippen LogP contribution in [0.15, 0.2) is 0 Å². The molecule has 3 atom stereocenters. The van der Waals surface area contributed by atoms with E-state index in [-0.39, 0.29) is 5.54 Å². The van der Waals surface area contributed by atoms with Crippen molar-refractivity contribution < 1.29 is 0 Å². The Kier molecular flexibility index (Phi) is 2.58. The molecule has 76 valence electrons. The Morgan fingerprint density at radius 2 is 2.00 bits per heavy atom. The lowest BCUT2D eigenvalue weighted by Gasteiger charge is -2.34. The summed E-state index contributed by atoms with van der Waals surface area (Å²) < 4.78 is 0. The summed E-state index contributed by atoms with van der Waals surface area (Å²) in [5.74, 6) is 0. The standard InChI is InChI=1S/C10H21N3/c1-10(11)4-6-13-8-3-2-5-12-9(8)7-10/h8-9,12-13H,2-7,11H2,1H3. The van der Waals surface area contributed by atoms with Gasteiger partial charge in [-0.2, -0.15) is 0 Å². The Balaban J connectivity index is 2.03. The molecule has 4 N–H and O–H groups in total. The van der Waals surface area contributed by atoms with E-state index in [1.165, 1.54) is 19.4 Å². The van der Waals surface area contributed by atoms with E-state index in [1.807, 2.05) is 0 Å². The van der Waals surface area contributed by atoms with Gasteiger partial charge in [-0.25, -0.2) is 0 Å². The van der Waals surface area contributed by atoms with Gasteiger partial charge in [0.25, 0.3) is 0 Å². The topological polar surface area (TPSA) is 50.1 Å². The number of hydrogen-bond donors (Lipinski definition) is 3. The third-order valence-corrected chi connectivity index (χ3v) is 3.37. The van der Waals surface area contributed by atoms with Crippen molar-refractivity contribution in [1.82, 2.24) is 10.6 Å². The number of fused-ring (bicyclic) bond motifs is 1. The van der Waals surface area contributed by atoms with E-state index in [0.29, 0.717) is 12.1 Å². The molecule has 0 bridgehead atoms. The molecule has 0 spiro atoms. The van der Waals surface area contributed by atoms with Gasteiger partial charge in [0.15, 0.2) is 0 Å². The predicted octanol–water partition coefficient (Wildman–Crippen LogP) is 0.208. The van der Waals surface area contributed by atoms with Gasteiger partial charge in [0.1, 0.15) is 0 Å². The molecule has 3 nitrogen and oxygen atoms in total. The van der Waals surface area contributed by atoms with Crippen LogP contribution < -0.4 is 16.4 Å². The first-order chi connectivity index (χ1) is 6.17. The van der Waals surface area contributed by atoms with Crippen LogP contribution in [0.25, 0.3) is 0 Å². The molecule has 2 aliphatic heterocycles. The first kappa shape index (κ1) is 9.44. The molecule has 2 heterocycles. The first-order valence-corrected chi connectivity index (χ1v) is 5.43. The fourth-order valence-electron chi connectivity index (χ4n) is 2.56. The maximum Gasteiger partial charge on any atom is 0.0238 e. The van der Waals surface area contributed by atoms with Crippen molar-refractivity contribution in [2.24, 2.45) is 5.73 Å². The number of nitrogens with one attached hydrogen (secondary N) is 2. The van der Waals surface area contributed by atoms with Crippen LogP contribution in [0, 0.1) is 0 Å². The SMILES string of the molecule is CC1(N)CCNC2CCCNC2C1. The van der Waals surface area contributed by atoms with Gasteiger partial charge >= 0.3 is 0 Å². The van der Waals surface area contributed by atoms with Gasteiger partial charge in [0.05, 0.1) is 0 Å². The van der Waals surface area contributed by atoms with E-state index in [9.17, 15) is 0 Å². The van der Waals surface area contributed by atoms with Gasteiger partial charge in [-0.1, -0.05) is 0 Å². The summed E-state index contributed by atoms with van der Waals surface area (Å²) in [7, 11) is 0. The molecule has 0 aromatic carbocycles. The Hall–Kier alpha value is -0.120. The largest absolute Gasteiger partial charge is 0.325 e. The molecule has 2 saturated heterocycles. The van der Waals surface area contributed by atoms with E-state index < -0.39 is 0 Å². The highest BCUT2D eigenvalue weighted by Crippen LogP contribution is 2.22. The van der Waals surface area contributed by atoms with Gasteiger partial charge in [-0.3, -0.25) is 0 Å². The quantitative estimate of drug-likeness (QED) is 0.503. The minimum absolute atomic E-state index is 0.0246. The van der Waals surface area contributed by atoms with Crippen LogP contribution in [0.4, 0.5) is 0 Å². The molecule has 2 aliphatic rings. The number of rotatable bonds is 0. The fraction of sp³-hybridized carbons (Fsp3) is 1.00. The van der Waals surface area contributed by atoms with Crippen LogP contribution >= 0.6 is 0 Å². The second-order valence-corrected chi connectivity index (χ2v) is 4.87. The molecular formula is C10H21N3. The third kappa shape index (κ3) is 2.22. The van der Waals surface area contributed by atoms with Crippen molar-refractivity contribution in [3.05, 3.63) is 0 Å². The number of hydrogen-bond acceptors (Lipinski definition) is 3. The molecule has 3 heteroatoms. The van der Waals surface area contributed by atoms with Crippen LogP contribution in [-0.4, -0.2) is 30.7 Å². The zero-order valence-electron chi connectivity index (χ0n) is 8.47. The van der Waals surface area contributed by atoms with Crippen molar-refractivity contribution in [3.8, 4) is 0 Å². The average Bonchev–Trinajstić information content (AvgIpc) is 2.21. The lowest BCUT2D eigenvalue weighted by atomic mass is 9.87. The number of piperidine rings is 1. The van der Waals surface area contributed by atoms with E-state index in [2.05, 4.69) is 17.6 Å². The van der Waals surface area contributed by atoms with E-state index in [4.69, 9.17) is 5.73 Å². The molecule has 0 saturated carbocycles. The minimum atomic E-state index is 0.0246. The van der Waals surface area contributed by atoms with Crippen molar-refractivity contribution in [2.75, 3.05) is 13.1 Å². The monoisotopic (exact) mass is 183 g/mol. The summed E-state index contributed by atoms with van der Waals surface area (Å²) in [5.41, 5.74) is 6.23. The van der Waals surface area contributed by atoms with Crippen molar-refractivity contribution in [2.45, 2.75) is 50.2 Å². The van der Waals surface area contributed by atoms with Gasteiger partial charge in [-0.05, 0) is 45.7 Å². The van der Waals surface area contributed by atoms with Crippen molar-refractivity contribution >= 4 is 0 Å². The fourth-order valence-corrected chi connectivity index (χ4v) is 2.56. The van der Waals surface area contributed by atoms with Gasteiger partial charge in [0, 0.05) is 17.6 Å². The maximum absolute atomic E-state index is 6.20. The molecule has 0 aliphatic carbocycles. The van der Waals surface area contributed by atoms with Crippen LogP contribution in [0.1, 0.15) is 32.6 Å². The highest BCUT2D eigenvalue weighted by atomic mass is 15.1. The molecule has 0 aromatic rings. The Bertz CT molecular complexity index is 179. The average molecular weight is 183 g/mol. The lowest BCUT2D eigenvalue weighted by molar-refractivity contribution is 0.282. The van der Waals surface area contributed by atoms with Crippen LogP contribution in [0.3, 0.4) is 0 Å². The third-order valence-electron chi connectivity index (χ3n) is 3.37. The van der Waals surface area contributed by atoms with E-state index in [1.54, 1.807) is 0 Å². The molecule has 0 aromatic heterocycles. The van der Waals surface area contributed by atoms with Crippen LogP contribution in [0.5, 0.6) is 0 Å². The molecule has 2 rings (SSSR count). The zero-order chi connectivity index (χ0) is 9.31. The van der Waals surface area contributed by atoms with E-state index >= 15 is 0 Å². The summed E-state index contributed by atoms with van der Waals surface area (Å²) in [5, 5.41) is 7.17. The van der Waals surface area contributed by atoms with Gasteiger partial charge in [-0.15, -0.1) is 0 Å². The Labute approximate surface area is 80.5 Å². The summed E-state index contributed by atoms with van der Waals surface area (Å²) in [6, 6.07) is 1.27. The van der Waals surface area contributed by atoms with E-state index in [0.717, 1.165) is 19.4 Å². The summed E-state index contributed by atoms with van der Waals surface area (Å²) in [6.45, 7) is 4.42. The van der Waals surface area contributed by atoms with Gasteiger partial charge < -0.3 is 16.4 Å². The highest BCUT2D eigenvalue weighted by Gasteiger charge is 2.33. The van der Waals surface area contributed by atoms with Crippen molar-refractivity contribution in [3.63, 3.8) is 0 Å². The normalized spacial score (nSPS) is 46.6. The molecule has 13 heavy (non-hydrogen) atoms. The molecular weight excluding hydrogens is 162 g/mol. The minimum Gasteiger partial charge on any atom is -0.325 e. The Morgan fingerprint density at radius 1 is 1.23 bits per heavy atom. The van der Waals surface area contributed by atoms with Crippen LogP contribution in [-0.2, 0) is 0 Å². The van der Waals surface area contributed by atoms with Gasteiger partial charge in [0.2, 0.25) is 0 Å². The first-order valence-electron chi connectivity index (χ1n) is 5.43. The van der Waals surface area contributed by atoms with Crippen LogP contribution in [0.2, 0.25) is 0 Å². The Morgan fingerprint density at radius 3 is 2.85 bits per heavy atom. The summed E-state index contributed by atoms with van der Waals surface area (Å²) >= 11 is 0. The number of nitrogens with two attached hydrogens (primary N) is 1. The molecule has 2 fully saturated rings. The molecule has 3 unspecified atom stereocenters. The predicted molar refractivity (Wildman–Crippen MR) is 54.6 cm³/mol. The summed E-state index contributed by atoms with van der Waals surface area (Å²) in [6.07, 6.45) is 4.83. The summed E-state index contributed by atoms with van der Waals surface area (Å²) in [4.78, 5) is 0. The smallest absolute Gasteiger partial charge is 0.0238 e. The zero-order valence-corrected chi connectivity index (χ0v) is 8.47. The maximum atomic E-state index is 6.20. The second-order valence-electron chi connectivity index (χ2n) is 4.87. The highest BCUT2D eigenvalue weighted by molar-refractivity contribution is 4.96. The van der Waals surface area contributed by atoms with Crippen molar-refractivity contribution in [1.29, 1.82) is 0 Å². The molecule has 0 amide bonds. The second kappa shape index (κ2) is 3.56. The molecule has 0 radical (unpaired) electrons.